The maximum Gasteiger partial charge on any atom is 0.296 e. The molecule has 3 aliphatic rings. The number of anilines is 2. The first-order valence-electron chi connectivity index (χ1n) is 11.6. The van der Waals surface area contributed by atoms with Gasteiger partial charge in [-0.2, -0.15) is 0 Å². The number of ether oxygens (including phenoxy) is 1. The van der Waals surface area contributed by atoms with Crippen LogP contribution in [0.15, 0.2) is 52.9 Å². The lowest BCUT2D eigenvalue weighted by Crippen LogP contribution is -2.32. The van der Waals surface area contributed by atoms with Crippen molar-refractivity contribution in [1.29, 1.82) is 0 Å². The number of aromatic nitrogens is 1. The topological polar surface area (TPSA) is 132 Å². The highest BCUT2D eigenvalue weighted by Gasteiger charge is 2.59. The number of thiazole rings is 1. The highest BCUT2D eigenvalue weighted by atomic mass is 32.2. The zero-order valence-corrected chi connectivity index (χ0v) is 21.1. The lowest BCUT2D eigenvalue weighted by Gasteiger charge is -2.17. The highest BCUT2D eigenvalue weighted by Crippen LogP contribution is 2.53. The summed E-state index contributed by atoms with van der Waals surface area (Å²) in [6.07, 6.45) is 5.02. The van der Waals surface area contributed by atoms with Gasteiger partial charge in [0.05, 0.1) is 51.6 Å². The molecule has 1 aromatic heterocycles. The maximum atomic E-state index is 13.1. The molecule has 2 fully saturated rings. The van der Waals surface area contributed by atoms with Gasteiger partial charge in [0.15, 0.2) is 4.34 Å². The molecule has 3 aromatic rings. The van der Waals surface area contributed by atoms with Gasteiger partial charge in [-0.1, -0.05) is 23.9 Å². The first kappa shape index (κ1) is 23.6. The second-order valence-corrected chi connectivity index (χ2v) is 11.4. The maximum absolute atomic E-state index is 13.1. The molecule has 4 atom stereocenters. The van der Waals surface area contributed by atoms with Crippen LogP contribution in [-0.2, 0) is 14.4 Å². The van der Waals surface area contributed by atoms with Gasteiger partial charge in [-0.15, -0.1) is 11.3 Å². The van der Waals surface area contributed by atoms with E-state index in [1.807, 2.05) is 0 Å². The van der Waals surface area contributed by atoms with Crippen molar-refractivity contribution in [2.45, 2.75) is 10.8 Å². The summed E-state index contributed by atoms with van der Waals surface area (Å²) in [5, 5.41) is 13.9. The molecule has 2 bridgehead atoms. The summed E-state index contributed by atoms with van der Waals surface area (Å²) in [5.74, 6) is -0.577. The number of hydrogen-bond donors (Lipinski definition) is 1. The number of nitrogens with zero attached hydrogens (tertiary/aromatic N) is 3. The second-order valence-electron chi connectivity index (χ2n) is 9.12. The quantitative estimate of drug-likeness (QED) is 0.156. The van der Waals surface area contributed by atoms with Crippen LogP contribution in [0.2, 0.25) is 0 Å². The summed E-state index contributed by atoms with van der Waals surface area (Å²) in [6.45, 7) is 0. The van der Waals surface area contributed by atoms with Crippen LogP contribution in [0.25, 0.3) is 10.2 Å². The molecule has 1 N–H and O–H groups in total. The highest BCUT2D eigenvalue weighted by molar-refractivity contribution is 8.01. The third-order valence-corrected chi connectivity index (χ3v) is 9.24. The van der Waals surface area contributed by atoms with Crippen LogP contribution in [0.4, 0.5) is 17.1 Å². The molecule has 0 spiro atoms. The van der Waals surface area contributed by atoms with Crippen LogP contribution in [0.1, 0.15) is 6.42 Å². The fraction of sp³-hybridized carbons (Fsp3) is 0.280. The largest absolute Gasteiger partial charge is 0.496 e. The lowest BCUT2D eigenvalue weighted by atomic mass is 9.85. The van der Waals surface area contributed by atoms with Gasteiger partial charge in [0.25, 0.3) is 5.69 Å². The SMILES string of the molecule is COc1ccc(NC(=O)CSc2nc3ccc(N4C(=O)[C@@H]5[C@@H](C4=O)[C@H]4C=C[C@H]5C4)cc3s2)c([N+](=O)[O-])c1. The second kappa shape index (κ2) is 8.96. The minimum absolute atomic E-state index is 0.00189. The monoisotopic (exact) mass is 536 g/mol. The Hall–Kier alpha value is -3.77. The molecule has 2 aliphatic carbocycles. The number of benzene rings is 2. The molecule has 6 rings (SSSR count). The van der Waals surface area contributed by atoms with E-state index in [2.05, 4.69) is 22.5 Å². The molecule has 2 aromatic carbocycles. The fourth-order valence-electron chi connectivity index (χ4n) is 5.46. The van der Waals surface area contributed by atoms with Gasteiger partial charge in [0.1, 0.15) is 11.4 Å². The number of carbonyl (C=O) groups is 3. The van der Waals surface area contributed by atoms with Crippen molar-refractivity contribution < 1.29 is 24.0 Å². The minimum atomic E-state index is -0.583. The van der Waals surface area contributed by atoms with Gasteiger partial charge < -0.3 is 10.1 Å². The van der Waals surface area contributed by atoms with Gasteiger partial charge in [-0.05, 0) is 48.6 Å². The van der Waals surface area contributed by atoms with Crippen LogP contribution in [0, 0.1) is 33.8 Å². The number of nitro groups is 1. The predicted octanol–water partition coefficient (Wildman–Crippen LogP) is 4.26. The van der Waals surface area contributed by atoms with E-state index in [1.54, 1.807) is 18.2 Å². The average Bonchev–Trinajstić information content (AvgIpc) is 3.65. The van der Waals surface area contributed by atoms with Crippen LogP contribution >= 0.6 is 23.1 Å². The zero-order chi connectivity index (χ0) is 25.8. The number of imide groups is 1. The Bertz CT molecular complexity index is 1490. The molecular weight excluding hydrogens is 516 g/mol. The van der Waals surface area contributed by atoms with Crippen molar-refractivity contribution in [2.24, 2.45) is 23.7 Å². The van der Waals surface area contributed by atoms with E-state index in [0.717, 1.165) is 11.1 Å². The number of carbonyl (C=O) groups excluding carboxylic acids is 3. The normalized spacial score (nSPS) is 23.6. The van der Waals surface area contributed by atoms with E-state index < -0.39 is 10.8 Å². The fourth-order valence-corrected chi connectivity index (χ4v) is 7.36. The van der Waals surface area contributed by atoms with Crippen LogP contribution in [0.5, 0.6) is 5.75 Å². The molecule has 1 saturated carbocycles. The van der Waals surface area contributed by atoms with Gasteiger partial charge >= 0.3 is 0 Å². The van der Waals surface area contributed by atoms with Gasteiger partial charge in [0.2, 0.25) is 17.7 Å². The molecule has 10 nitrogen and oxygen atoms in total. The molecule has 0 unspecified atom stereocenters. The van der Waals surface area contributed by atoms with E-state index in [1.165, 1.54) is 53.3 Å². The summed E-state index contributed by atoms with van der Waals surface area (Å²) in [6, 6.07) is 9.51. The number of amides is 3. The Morgan fingerprint density at radius 3 is 2.59 bits per heavy atom. The molecule has 0 radical (unpaired) electrons. The molecule has 1 saturated heterocycles. The van der Waals surface area contributed by atoms with Gasteiger partial charge in [0, 0.05) is 0 Å². The summed E-state index contributed by atoms with van der Waals surface area (Å²) < 4.78 is 6.44. The molecule has 37 heavy (non-hydrogen) atoms. The van der Waals surface area contributed by atoms with Crippen molar-refractivity contribution >= 4 is 68.1 Å². The number of thioether (sulfide) groups is 1. The summed E-state index contributed by atoms with van der Waals surface area (Å²) in [4.78, 5) is 55.3. The number of hydrogen-bond acceptors (Lipinski definition) is 9. The lowest BCUT2D eigenvalue weighted by molar-refractivity contribution is -0.384. The number of nitro benzene ring substituents is 1. The number of methoxy groups -OCH3 is 1. The molecule has 12 heteroatoms. The van der Waals surface area contributed by atoms with Crippen LogP contribution in [0.3, 0.4) is 0 Å². The standard InChI is InChI=1S/C25H20N4O6S2/c1-35-15-5-7-16(18(10-15)29(33)34)26-20(30)11-36-25-27-17-6-4-14(9-19(17)37-25)28-23(31)21-12-2-3-13(8-12)22(21)24(28)32/h2-7,9-10,12-13,21-22H,8,11H2,1H3,(H,26,30)/t12-,13-,21-,22-/m0/s1. The third-order valence-electron chi connectivity index (χ3n) is 7.08. The van der Waals surface area contributed by atoms with E-state index >= 15 is 0 Å². The predicted molar refractivity (Wildman–Crippen MR) is 139 cm³/mol. The van der Waals surface area contributed by atoms with Crippen molar-refractivity contribution in [3.8, 4) is 5.75 Å². The van der Waals surface area contributed by atoms with Crippen LogP contribution < -0.4 is 15.0 Å². The number of rotatable bonds is 7. The first-order valence-corrected chi connectivity index (χ1v) is 13.4. The minimum Gasteiger partial charge on any atom is -0.496 e. The van der Waals surface area contributed by atoms with E-state index in [9.17, 15) is 24.5 Å². The number of fused-ring (bicyclic) bond motifs is 6. The Kier molecular flexibility index (Phi) is 5.72. The number of nitrogens with one attached hydrogen (secondary N) is 1. The zero-order valence-electron chi connectivity index (χ0n) is 19.5. The third kappa shape index (κ3) is 3.96. The van der Waals surface area contributed by atoms with Crippen molar-refractivity contribution in [1.82, 2.24) is 4.98 Å². The van der Waals surface area contributed by atoms with Crippen molar-refractivity contribution in [2.75, 3.05) is 23.1 Å². The van der Waals surface area contributed by atoms with Crippen molar-refractivity contribution in [3.63, 3.8) is 0 Å². The molecule has 2 heterocycles. The van der Waals surface area contributed by atoms with Gasteiger partial charge in [-0.25, -0.2) is 9.88 Å². The summed E-state index contributed by atoms with van der Waals surface area (Å²) in [7, 11) is 1.40. The Morgan fingerprint density at radius 2 is 1.92 bits per heavy atom. The Balaban J connectivity index is 1.15. The van der Waals surface area contributed by atoms with E-state index in [4.69, 9.17) is 4.74 Å². The molecule has 1 aliphatic heterocycles. The van der Waals surface area contributed by atoms with Crippen molar-refractivity contribution in [3.05, 3.63) is 58.7 Å². The summed E-state index contributed by atoms with van der Waals surface area (Å²) >= 11 is 2.56. The summed E-state index contributed by atoms with van der Waals surface area (Å²) in [5.41, 5.74) is 1.06. The molecular formula is C25H20N4O6S2. The van der Waals surface area contributed by atoms with E-state index in [0.29, 0.717) is 21.3 Å². The molecule has 188 valence electrons. The van der Waals surface area contributed by atoms with E-state index in [-0.39, 0.29) is 52.6 Å². The van der Waals surface area contributed by atoms with Gasteiger partial charge in [-0.3, -0.25) is 24.5 Å². The average molecular weight is 537 g/mol. The smallest absolute Gasteiger partial charge is 0.296 e. The number of allylic oxidation sites excluding steroid dienone is 2. The molecule has 3 amide bonds. The first-order chi connectivity index (χ1) is 17.8. The Labute approximate surface area is 218 Å². The Morgan fingerprint density at radius 1 is 1.19 bits per heavy atom. The van der Waals surface area contributed by atoms with Crippen LogP contribution in [-0.4, -0.2) is 40.5 Å².